The van der Waals surface area contributed by atoms with E-state index in [-0.39, 0.29) is 38.6 Å². The van der Waals surface area contributed by atoms with Gasteiger partial charge in [0.25, 0.3) is 0 Å². The van der Waals surface area contributed by atoms with Crippen LogP contribution >= 0.6 is 0 Å². The van der Waals surface area contributed by atoms with E-state index in [2.05, 4.69) is 5.32 Å². The van der Waals surface area contributed by atoms with Crippen molar-refractivity contribution in [1.82, 2.24) is 5.32 Å². The molecule has 0 aromatic carbocycles. The van der Waals surface area contributed by atoms with Gasteiger partial charge in [0.1, 0.15) is 0 Å². The van der Waals surface area contributed by atoms with Gasteiger partial charge >= 0.3 is 32.7 Å². The van der Waals surface area contributed by atoms with Gasteiger partial charge in [0, 0.05) is 7.05 Å². The number of carbonyl (C=O) groups excluding carboxylic acids is 1. The average Bonchev–Trinajstić information content (AvgIpc) is 1.65. The maximum Gasteiger partial charge on any atom is 3.00 e. The molecule has 0 aliphatic rings. The van der Waals surface area contributed by atoms with Crippen LogP contribution in [0.2, 0.25) is 0 Å². The Hall–Kier alpha value is 0.444. The van der Waals surface area contributed by atoms with Crippen molar-refractivity contribution in [3.8, 4) is 0 Å². The molecule has 1 N–H and O–H groups in total. The van der Waals surface area contributed by atoms with Gasteiger partial charge in [-0.1, -0.05) is 0 Å². The molecule has 0 aromatic heterocycles. The molecular formula is C5H10NOY+2. The molecule has 0 rings (SSSR count). The monoisotopic (exact) mass is 189 g/mol. The number of amides is 1. The molecule has 2 nitrogen and oxygen atoms in total. The summed E-state index contributed by atoms with van der Waals surface area (Å²) in [5.74, 6) is 0.808. The minimum Gasteiger partial charge on any atom is -0.384 e. The van der Waals surface area contributed by atoms with E-state index >= 15 is 0 Å². The van der Waals surface area contributed by atoms with Gasteiger partial charge < -0.3 is 10.1 Å². The van der Waals surface area contributed by atoms with Crippen molar-refractivity contribution in [3.63, 3.8) is 0 Å². The van der Waals surface area contributed by atoms with Crippen LogP contribution in [-0.4, -0.2) is 13.0 Å². The first-order valence-corrected chi connectivity index (χ1v) is 2.20. The zero-order chi connectivity index (χ0) is 5.86. The van der Waals surface area contributed by atoms with E-state index in [0.29, 0.717) is 0 Å². The Morgan fingerprint density at radius 2 is 1.88 bits per heavy atom. The Morgan fingerprint density at radius 1 is 1.50 bits per heavy atom. The van der Waals surface area contributed by atoms with Gasteiger partial charge in [-0.15, -0.1) is 0 Å². The van der Waals surface area contributed by atoms with Gasteiger partial charge in [0.2, 0.25) is 0 Å². The molecular weight excluding hydrogens is 179 g/mol. The summed E-state index contributed by atoms with van der Waals surface area (Å²) in [6.07, 6.45) is 0. The zero-order valence-electron chi connectivity index (χ0n) is 5.49. The quantitative estimate of drug-likeness (QED) is 0.592. The topological polar surface area (TPSA) is 29.1 Å². The van der Waals surface area contributed by atoms with E-state index in [1.54, 1.807) is 20.9 Å². The van der Waals surface area contributed by atoms with E-state index in [1.165, 1.54) is 0 Å². The van der Waals surface area contributed by atoms with E-state index in [9.17, 15) is 4.79 Å². The molecule has 0 unspecified atom stereocenters. The second-order valence-corrected chi connectivity index (χ2v) is 1.58. The SMILES string of the molecule is CNC(=O)[C-](C)C.[Y+3]. The number of hydrogen-bond donors (Lipinski definition) is 1. The third-order valence-electron chi connectivity index (χ3n) is 0.681. The molecule has 42 valence electrons. The molecule has 0 fully saturated rings. The predicted octanol–water partition coefficient (Wildman–Crippen LogP) is 0.344. The van der Waals surface area contributed by atoms with Gasteiger partial charge in [-0.3, -0.25) is 5.92 Å². The van der Waals surface area contributed by atoms with Gasteiger partial charge in [0.15, 0.2) is 0 Å². The van der Waals surface area contributed by atoms with Crippen molar-refractivity contribution < 1.29 is 37.5 Å². The van der Waals surface area contributed by atoms with E-state index in [1.807, 2.05) is 0 Å². The zero-order valence-corrected chi connectivity index (χ0v) is 8.32. The summed E-state index contributed by atoms with van der Waals surface area (Å²) in [6, 6.07) is 0. The van der Waals surface area contributed by atoms with Crippen LogP contribution < -0.4 is 5.32 Å². The molecule has 0 aromatic rings. The van der Waals surface area contributed by atoms with Crippen molar-refractivity contribution in [2.24, 2.45) is 0 Å². The molecule has 0 bridgehead atoms. The smallest absolute Gasteiger partial charge is 0.384 e. The van der Waals surface area contributed by atoms with Gasteiger partial charge in [0.05, 0.1) is 5.91 Å². The second-order valence-electron chi connectivity index (χ2n) is 1.58. The normalized spacial score (nSPS) is 6.88. The van der Waals surface area contributed by atoms with Crippen LogP contribution in [0.1, 0.15) is 13.8 Å². The Kier molecular flexibility index (Phi) is 7.86. The molecule has 0 heterocycles. The van der Waals surface area contributed by atoms with E-state index < -0.39 is 0 Å². The molecule has 8 heavy (non-hydrogen) atoms. The van der Waals surface area contributed by atoms with Crippen LogP contribution in [0, 0.1) is 5.92 Å². The Labute approximate surface area is 75.3 Å². The first-order valence-electron chi connectivity index (χ1n) is 2.20. The van der Waals surface area contributed by atoms with Crippen LogP contribution in [-0.2, 0) is 37.5 Å². The average molecular weight is 189 g/mol. The summed E-state index contributed by atoms with van der Waals surface area (Å²) in [7, 11) is 1.62. The van der Waals surface area contributed by atoms with Crippen molar-refractivity contribution >= 4 is 5.91 Å². The van der Waals surface area contributed by atoms with Crippen LogP contribution in [0.4, 0.5) is 0 Å². The molecule has 0 saturated carbocycles. The van der Waals surface area contributed by atoms with Crippen molar-refractivity contribution in [2.45, 2.75) is 13.8 Å². The fourth-order valence-corrected chi connectivity index (χ4v) is 0.250. The third-order valence-corrected chi connectivity index (χ3v) is 0.681. The first-order chi connectivity index (χ1) is 3.18. The summed E-state index contributed by atoms with van der Waals surface area (Å²) in [6.45, 7) is 3.55. The number of hydrogen-bond acceptors (Lipinski definition) is 1. The van der Waals surface area contributed by atoms with E-state index in [4.69, 9.17) is 0 Å². The predicted molar refractivity (Wildman–Crippen MR) is 28.7 cm³/mol. The summed E-state index contributed by atoms with van der Waals surface area (Å²) in [5.41, 5.74) is 0. The largest absolute Gasteiger partial charge is 3.00 e. The summed E-state index contributed by atoms with van der Waals surface area (Å²) in [5, 5.41) is 2.49. The Balaban J connectivity index is 0. The van der Waals surface area contributed by atoms with Crippen LogP contribution in [0.3, 0.4) is 0 Å². The third kappa shape index (κ3) is 4.60. The molecule has 1 amide bonds. The van der Waals surface area contributed by atoms with Crippen molar-refractivity contribution in [3.05, 3.63) is 5.92 Å². The second kappa shape index (κ2) is 5.58. The first kappa shape index (κ1) is 11.3. The van der Waals surface area contributed by atoms with Gasteiger partial charge in [-0.25, -0.2) is 0 Å². The van der Waals surface area contributed by atoms with Crippen molar-refractivity contribution in [1.29, 1.82) is 0 Å². The van der Waals surface area contributed by atoms with E-state index in [0.717, 1.165) is 5.92 Å². The number of carbonyl (C=O) groups is 1. The van der Waals surface area contributed by atoms with Crippen LogP contribution in [0.5, 0.6) is 0 Å². The van der Waals surface area contributed by atoms with Gasteiger partial charge in [-0.2, -0.15) is 13.8 Å². The minimum absolute atomic E-state index is 0. The fraction of sp³-hybridized carbons (Fsp3) is 0.600. The Morgan fingerprint density at radius 3 is 1.88 bits per heavy atom. The fourth-order valence-electron chi connectivity index (χ4n) is 0.250. The molecule has 0 radical (unpaired) electrons. The number of rotatable bonds is 1. The number of nitrogens with one attached hydrogen (secondary N) is 1. The van der Waals surface area contributed by atoms with Crippen molar-refractivity contribution in [2.75, 3.05) is 7.05 Å². The summed E-state index contributed by atoms with van der Waals surface area (Å²) in [4.78, 5) is 10.4. The van der Waals surface area contributed by atoms with Crippen LogP contribution in [0.25, 0.3) is 0 Å². The maximum atomic E-state index is 10.4. The molecule has 0 aliphatic heterocycles. The Bertz CT molecular complexity index is 72.8. The maximum absolute atomic E-state index is 10.4. The minimum atomic E-state index is 0. The van der Waals surface area contributed by atoms with Gasteiger partial charge in [-0.05, 0) is 0 Å². The molecule has 3 heteroatoms. The van der Waals surface area contributed by atoms with Crippen LogP contribution in [0.15, 0.2) is 0 Å². The molecule has 0 spiro atoms. The molecule has 0 aliphatic carbocycles. The standard InChI is InChI=1S/C5H10NO.Y/c1-4(2)5(7)6-3;/h1-3H3,(H,6,7);/q-1;+3. The molecule has 0 saturated heterocycles. The summed E-state index contributed by atoms with van der Waals surface area (Å²) >= 11 is 0. The molecule has 0 atom stereocenters. The summed E-state index contributed by atoms with van der Waals surface area (Å²) < 4.78 is 0.